The molecule has 1 heterocycles. The lowest BCUT2D eigenvalue weighted by molar-refractivity contribution is 0.140. The van der Waals surface area contributed by atoms with E-state index in [2.05, 4.69) is 47.9 Å². The van der Waals surface area contributed by atoms with Crippen molar-refractivity contribution in [3.8, 4) is 5.88 Å². The highest BCUT2D eigenvalue weighted by molar-refractivity contribution is 7.98. The summed E-state index contributed by atoms with van der Waals surface area (Å²) in [6.07, 6.45) is 1.97. The van der Waals surface area contributed by atoms with Crippen molar-refractivity contribution >= 4 is 17.6 Å². The lowest BCUT2D eigenvalue weighted by atomic mass is 10.2. The molecule has 0 amide bonds. The second-order valence-corrected chi connectivity index (χ2v) is 6.16. The summed E-state index contributed by atoms with van der Waals surface area (Å²) >= 11 is 1.52. The lowest BCUT2D eigenvalue weighted by Crippen LogP contribution is -2.39. The van der Waals surface area contributed by atoms with Gasteiger partial charge in [0.05, 0.1) is 0 Å². The largest absolute Gasteiger partial charge is 0.476 e. The van der Waals surface area contributed by atoms with E-state index in [4.69, 9.17) is 4.74 Å². The quantitative estimate of drug-likeness (QED) is 0.558. The first kappa shape index (κ1) is 18.0. The van der Waals surface area contributed by atoms with Crippen LogP contribution in [0.25, 0.3) is 0 Å². The molecule has 1 rings (SSSR count). The fraction of sp³-hybridized carbons (Fsp3) is 0.733. The highest BCUT2D eigenvalue weighted by Crippen LogP contribution is 2.19. The van der Waals surface area contributed by atoms with E-state index in [1.165, 1.54) is 11.8 Å². The molecule has 0 atom stereocenters. The number of hydrogen-bond donors (Lipinski definition) is 1. The van der Waals surface area contributed by atoms with Crippen LogP contribution >= 0.6 is 11.8 Å². The molecule has 6 heteroatoms. The maximum absolute atomic E-state index is 5.82. The van der Waals surface area contributed by atoms with Gasteiger partial charge >= 0.3 is 0 Å². The number of aromatic nitrogens is 2. The maximum Gasteiger partial charge on any atom is 0.219 e. The minimum atomic E-state index is 0.512. The van der Waals surface area contributed by atoms with Crippen LogP contribution in [0.3, 0.4) is 0 Å². The van der Waals surface area contributed by atoms with Gasteiger partial charge in [0, 0.05) is 31.2 Å². The Morgan fingerprint density at radius 2 is 1.90 bits per heavy atom. The molecule has 0 fully saturated rings. The van der Waals surface area contributed by atoms with E-state index in [-0.39, 0.29) is 0 Å². The van der Waals surface area contributed by atoms with Crippen LogP contribution in [0.4, 0.5) is 5.82 Å². The van der Waals surface area contributed by atoms with Crippen molar-refractivity contribution < 1.29 is 4.74 Å². The van der Waals surface area contributed by atoms with E-state index in [1.807, 2.05) is 19.2 Å². The van der Waals surface area contributed by atoms with Crippen LogP contribution in [0.15, 0.2) is 11.2 Å². The van der Waals surface area contributed by atoms with E-state index in [1.54, 1.807) is 0 Å². The predicted octanol–water partition coefficient (Wildman–Crippen LogP) is 3.13. The van der Waals surface area contributed by atoms with Gasteiger partial charge in [-0.3, -0.25) is 4.90 Å². The van der Waals surface area contributed by atoms with Gasteiger partial charge in [0.25, 0.3) is 0 Å². The standard InChI is InChI=1S/C15H28N4OS/c1-7-16-13-10-14(18-15(17-13)21-6)20-9-8-19(11(2)3)12(4)5/h10-12H,7-9H2,1-6H3,(H,16,17,18). The number of anilines is 1. The minimum absolute atomic E-state index is 0.512. The Kier molecular flexibility index (Phi) is 7.82. The van der Waals surface area contributed by atoms with E-state index in [9.17, 15) is 0 Å². The molecule has 1 N–H and O–H groups in total. The van der Waals surface area contributed by atoms with Crippen molar-refractivity contribution in [1.82, 2.24) is 14.9 Å². The number of nitrogens with one attached hydrogen (secondary N) is 1. The van der Waals surface area contributed by atoms with Crippen LogP contribution in [0.5, 0.6) is 5.88 Å². The van der Waals surface area contributed by atoms with E-state index >= 15 is 0 Å². The van der Waals surface area contributed by atoms with Crippen molar-refractivity contribution in [2.75, 3.05) is 31.3 Å². The molecule has 0 spiro atoms. The third kappa shape index (κ3) is 6.09. The Bertz CT molecular complexity index is 418. The number of ether oxygens (including phenoxy) is 1. The first-order valence-corrected chi connectivity index (χ1v) is 8.75. The molecule has 0 saturated carbocycles. The average Bonchev–Trinajstić information content (AvgIpc) is 2.42. The molecular formula is C15H28N4OS. The third-order valence-electron chi connectivity index (χ3n) is 3.15. The second-order valence-electron chi connectivity index (χ2n) is 5.38. The predicted molar refractivity (Wildman–Crippen MR) is 90.4 cm³/mol. The zero-order valence-electron chi connectivity index (χ0n) is 14.0. The monoisotopic (exact) mass is 312 g/mol. The van der Waals surface area contributed by atoms with Crippen molar-refractivity contribution in [3.63, 3.8) is 0 Å². The first-order valence-electron chi connectivity index (χ1n) is 7.53. The summed E-state index contributed by atoms with van der Waals surface area (Å²) in [5, 5.41) is 3.93. The van der Waals surface area contributed by atoms with Crippen LogP contribution in [-0.2, 0) is 0 Å². The van der Waals surface area contributed by atoms with Crippen molar-refractivity contribution in [2.24, 2.45) is 0 Å². The fourth-order valence-corrected chi connectivity index (χ4v) is 2.58. The summed E-state index contributed by atoms with van der Waals surface area (Å²) in [5.41, 5.74) is 0. The first-order chi connectivity index (χ1) is 9.97. The van der Waals surface area contributed by atoms with Crippen LogP contribution in [0, 0.1) is 0 Å². The number of rotatable bonds is 9. The minimum Gasteiger partial charge on any atom is -0.476 e. The molecule has 0 aliphatic rings. The van der Waals surface area contributed by atoms with Gasteiger partial charge in [-0.2, -0.15) is 4.98 Å². The Morgan fingerprint density at radius 1 is 1.24 bits per heavy atom. The number of nitrogens with zero attached hydrogens (tertiary/aromatic N) is 3. The average molecular weight is 312 g/mol. The highest BCUT2D eigenvalue weighted by Gasteiger charge is 2.13. The Hall–Kier alpha value is -1.01. The van der Waals surface area contributed by atoms with Gasteiger partial charge in [-0.1, -0.05) is 11.8 Å². The van der Waals surface area contributed by atoms with Crippen molar-refractivity contribution in [1.29, 1.82) is 0 Å². The molecule has 0 saturated heterocycles. The molecule has 0 aliphatic heterocycles. The normalized spacial score (nSPS) is 11.5. The number of thioether (sulfide) groups is 1. The Labute approximate surface area is 132 Å². The molecular weight excluding hydrogens is 284 g/mol. The van der Waals surface area contributed by atoms with Gasteiger partial charge in [-0.25, -0.2) is 4.98 Å². The third-order valence-corrected chi connectivity index (χ3v) is 3.70. The summed E-state index contributed by atoms with van der Waals surface area (Å²) < 4.78 is 5.82. The van der Waals surface area contributed by atoms with Gasteiger partial charge in [-0.15, -0.1) is 0 Å². The second kappa shape index (κ2) is 9.10. The Balaban J connectivity index is 2.63. The molecule has 0 aliphatic carbocycles. The van der Waals surface area contributed by atoms with Gasteiger partial charge in [-0.05, 0) is 40.9 Å². The summed E-state index contributed by atoms with van der Waals surface area (Å²) in [6, 6.07) is 2.88. The summed E-state index contributed by atoms with van der Waals surface area (Å²) in [4.78, 5) is 11.2. The molecule has 0 aromatic carbocycles. The molecule has 0 bridgehead atoms. The van der Waals surface area contributed by atoms with Gasteiger partial charge in [0.15, 0.2) is 5.16 Å². The van der Waals surface area contributed by atoms with Crippen LogP contribution in [-0.4, -0.2) is 52.9 Å². The summed E-state index contributed by atoms with van der Waals surface area (Å²) in [7, 11) is 0. The van der Waals surface area contributed by atoms with Crippen molar-refractivity contribution in [3.05, 3.63) is 6.07 Å². The lowest BCUT2D eigenvalue weighted by Gasteiger charge is -2.30. The molecule has 0 radical (unpaired) electrons. The zero-order chi connectivity index (χ0) is 15.8. The molecule has 120 valence electrons. The zero-order valence-corrected chi connectivity index (χ0v) is 14.8. The summed E-state index contributed by atoms with van der Waals surface area (Å²) in [5.74, 6) is 1.45. The maximum atomic E-state index is 5.82. The molecule has 21 heavy (non-hydrogen) atoms. The van der Waals surface area contributed by atoms with Crippen LogP contribution in [0.2, 0.25) is 0 Å². The smallest absolute Gasteiger partial charge is 0.219 e. The van der Waals surface area contributed by atoms with Crippen LogP contribution < -0.4 is 10.1 Å². The molecule has 1 aromatic heterocycles. The SMILES string of the molecule is CCNc1cc(OCCN(C(C)C)C(C)C)nc(SC)n1. The van der Waals surface area contributed by atoms with Gasteiger partial charge in [0.2, 0.25) is 5.88 Å². The van der Waals surface area contributed by atoms with E-state index < -0.39 is 0 Å². The topological polar surface area (TPSA) is 50.3 Å². The summed E-state index contributed by atoms with van der Waals surface area (Å²) in [6.45, 7) is 13.2. The highest BCUT2D eigenvalue weighted by atomic mass is 32.2. The molecule has 0 unspecified atom stereocenters. The fourth-order valence-electron chi connectivity index (χ4n) is 2.21. The van der Waals surface area contributed by atoms with E-state index in [0.29, 0.717) is 24.6 Å². The van der Waals surface area contributed by atoms with Gasteiger partial charge in [0.1, 0.15) is 12.4 Å². The molecule has 1 aromatic rings. The van der Waals surface area contributed by atoms with Crippen molar-refractivity contribution in [2.45, 2.75) is 51.9 Å². The number of hydrogen-bond acceptors (Lipinski definition) is 6. The van der Waals surface area contributed by atoms with Gasteiger partial charge < -0.3 is 10.1 Å². The Morgan fingerprint density at radius 3 is 2.43 bits per heavy atom. The van der Waals surface area contributed by atoms with Crippen LogP contribution in [0.1, 0.15) is 34.6 Å². The molecule has 5 nitrogen and oxygen atoms in total. The van der Waals surface area contributed by atoms with E-state index in [0.717, 1.165) is 24.1 Å².